The number of amides is 1. The Hall–Kier alpha value is -1.72. The highest BCUT2D eigenvalue weighted by molar-refractivity contribution is 5.69. The number of alkyl halides is 3. The third-order valence-corrected chi connectivity index (χ3v) is 2.48. The number of hydrogen-bond donors (Lipinski definition) is 1. The van der Waals surface area contributed by atoms with Crippen molar-refractivity contribution >= 4 is 6.09 Å². The van der Waals surface area contributed by atoms with Crippen LogP contribution in [0.4, 0.5) is 18.0 Å². The van der Waals surface area contributed by atoms with E-state index in [4.69, 9.17) is 4.74 Å². The zero-order chi connectivity index (χ0) is 12.6. The molecule has 1 aliphatic heterocycles. The number of aryl methyl sites for hydroxylation is 1. The number of rotatable bonds is 1. The SMILES string of the molecule is Cc1cc(C2CNC(=O)O2)cc(C(F)(F)F)c1. The lowest BCUT2D eigenvalue weighted by Crippen LogP contribution is -2.12. The van der Waals surface area contributed by atoms with Crippen molar-refractivity contribution in [3.63, 3.8) is 0 Å². The maximum atomic E-state index is 12.6. The Labute approximate surface area is 95.6 Å². The average Bonchev–Trinajstić information content (AvgIpc) is 2.62. The van der Waals surface area contributed by atoms with Gasteiger partial charge in [0.25, 0.3) is 0 Å². The fourth-order valence-electron chi connectivity index (χ4n) is 1.74. The van der Waals surface area contributed by atoms with Gasteiger partial charge in [-0.25, -0.2) is 4.79 Å². The van der Waals surface area contributed by atoms with Gasteiger partial charge >= 0.3 is 12.3 Å². The Balaban J connectivity index is 2.35. The van der Waals surface area contributed by atoms with Crippen molar-refractivity contribution in [2.75, 3.05) is 6.54 Å². The lowest BCUT2D eigenvalue weighted by Gasteiger charge is -2.13. The summed E-state index contributed by atoms with van der Waals surface area (Å²) in [6.07, 6.45) is -5.65. The number of ether oxygens (including phenoxy) is 1. The van der Waals surface area contributed by atoms with Crippen LogP contribution in [0.3, 0.4) is 0 Å². The average molecular weight is 245 g/mol. The predicted octanol–water partition coefficient (Wildman–Crippen LogP) is 2.79. The number of halogens is 3. The van der Waals surface area contributed by atoms with E-state index in [2.05, 4.69) is 5.32 Å². The molecule has 1 amide bonds. The summed E-state index contributed by atoms with van der Waals surface area (Å²) < 4.78 is 42.6. The quantitative estimate of drug-likeness (QED) is 0.826. The van der Waals surface area contributed by atoms with Crippen LogP contribution in [-0.4, -0.2) is 12.6 Å². The smallest absolute Gasteiger partial charge is 0.416 e. The van der Waals surface area contributed by atoms with E-state index in [1.54, 1.807) is 13.0 Å². The van der Waals surface area contributed by atoms with E-state index >= 15 is 0 Å². The topological polar surface area (TPSA) is 38.3 Å². The minimum atomic E-state index is -4.39. The first-order valence-corrected chi connectivity index (χ1v) is 4.99. The highest BCUT2D eigenvalue weighted by Gasteiger charge is 2.33. The molecule has 1 unspecified atom stereocenters. The standard InChI is InChI=1S/C11H10F3NO2/c1-6-2-7(9-5-15-10(16)17-9)4-8(3-6)11(12,13)14/h2-4,9H,5H2,1H3,(H,15,16). The van der Waals surface area contributed by atoms with Crippen molar-refractivity contribution in [1.29, 1.82) is 0 Å². The Bertz CT molecular complexity index is 457. The van der Waals surface area contributed by atoms with Crippen LogP contribution in [0.15, 0.2) is 18.2 Å². The van der Waals surface area contributed by atoms with E-state index in [9.17, 15) is 18.0 Å². The van der Waals surface area contributed by atoms with Crippen molar-refractivity contribution in [2.45, 2.75) is 19.2 Å². The summed E-state index contributed by atoms with van der Waals surface area (Å²) >= 11 is 0. The lowest BCUT2D eigenvalue weighted by molar-refractivity contribution is -0.137. The summed E-state index contributed by atoms with van der Waals surface area (Å²) in [5.41, 5.74) is 0.115. The van der Waals surface area contributed by atoms with Gasteiger partial charge < -0.3 is 10.1 Å². The number of carbonyl (C=O) groups is 1. The van der Waals surface area contributed by atoms with Gasteiger partial charge in [-0.1, -0.05) is 11.6 Å². The fourth-order valence-corrected chi connectivity index (χ4v) is 1.74. The molecule has 0 aliphatic carbocycles. The van der Waals surface area contributed by atoms with Crippen molar-refractivity contribution in [1.82, 2.24) is 5.32 Å². The monoisotopic (exact) mass is 245 g/mol. The number of benzene rings is 1. The molecule has 1 heterocycles. The van der Waals surface area contributed by atoms with Crippen LogP contribution >= 0.6 is 0 Å². The number of hydrogen-bond acceptors (Lipinski definition) is 2. The van der Waals surface area contributed by atoms with Gasteiger partial charge in [-0.3, -0.25) is 0 Å². The van der Waals surface area contributed by atoms with Crippen molar-refractivity contribution in [2.24, 2.45) is 0 Å². The number of alkyl carbamates (subject to hydrolysis) is 1. The van der Waals surface area contributed by atoms with E-state index in [0.717, 1.165) is 12.1 Å². The third-order valence-electron chi connectivity index (χ3n) is 2.48. The van der Waals surface area contributed by atoms with Gasteiger partial charge in [0.1, 0.15) is 6.10 Å². The van der Waals surface area contributed by atoms with Gasteiger partial charge in [0.05, 0.1) is 12.1 Å². The zero-order valence-corrected chi connectivity index (χ0v) is 8.97. The van der Waals surface area contributed by atoms with Gasteiger partial charge in [-0.2, -0.15) is 13.2 Å². The van der Waals surface area contributed by atoms with Crippen LogP contribution in [0, 0.1) is 6.92 Å². The molecule has 0 aromatic heterocycles. The van der Waals surface area contributed by atoms with Gasteiger partial charge in [-0.15, -0.1) is 0 Å². The van der Waals surface area contributed by atoms with Crippen LogP contribution in [0.25, 0.3) is 0 Å². The normalized spacial score (nSPS) is 20.0. The highest BCUT2D eigenvalue weighted by Crippen LogP contribution is 2.33. The molecule has 1 aliphatic rings. The summed E-state index contributed by atoms with van der Waals surface area (Å²) in [5.74, 6) is 0. The second kappa shape index (κ2) is 3.94. The van der Waals surface area contributed by atoms with Crippen LogP contribution in [-0.2, 0) is 10.9 Å². The van der Waals surface area contributed by atoms with Gasteiger partial charge in [0, 0.05) is 0 Å². The summed E-state index contributed by atoms with van der Waals surface area (Å²) in [6.45, 7) is 1.77. The number of carbonyl (C=O) groups excluding carboxylic acids is 1. The summed E-state index contributed by atoms with van der Waals surface area (Å²) in [7, 11) is 0. The minimum absolute atomic E-state index is 0.194. The molecule has 1 fully saturated rings. The Morgan fingerprint density at radius 3 is 2.59 bits per heavy atom. The van der Waals surface area contributed by atoms with Crippen molar-refractivity contribution < 1.29 is 22.7 Å². The van der Waals surface area contributed by atoms with Crippen LogP contribution in [0.5, 0.6) is 0 Å². The fraction of sp³-hybridized carbons (Fsp3) is 0.364. The molecular formula is C11H10F3NO2. The van der Waals surface area contributed by atoms with Gasteiger partial charge in [0.15, 0.2) is 0 Å². The van der Waals surface area contributed by atoms with Crippen LogP contribution in [0.2, 0.25) is 0 Å². The Kier molecular flexibility index (Phi) is 2.73. The molecule has 0 radical (unpaired) electrons. The molecular weight excluding hydrogens is 235 g/mol. The van der Waals surface area contributed by atoms with Gasteiger partial charge in [-0.05, 0) is 24.6 Å². The molecule has 1 N–H and O–H groups in total. The van der Waals surface area contributed by atoms with E-state index < -0.39 is 23.9 Å². The van der Waals surface area contributed by atoms with Crippen LogP contribution < -0.4 is 5.32 Å². The van der Waals surface area contributed by atoms with Crippen LogP contribution in [0.1, 0.15) is 22.8 Å². The molecule has 6 heteroatoms. The molecule has 17 heavy (non-hydrogen) atoms. The summed E-state index contributed by atoms with van der Waals surface area (Å²) in [4.78, 5) is 10.8. The molecule has 1 aromatic rings. The molecule has 3 nitrogen and oxygen atoms in total. The maximum Gasteiger partial charge on any atom is 0.416 e. The molecule has 1 atom stereocenters. The second-order valence-corrected chi connectivity index (χ2v) is 3.90. The molecule has 0 bridgehead atoms. The second-order valence-electron chi connectivity index (χ2n) is 3.90. The first-order valence-electron chi connectivity index (χ1n) is 4.99. The Morgan fingerprint density at radius 1 is 1.35 bits per heavy atom. The predicted molar refractivity (Wildman–Crippen MR) is 53.4 cm³/mol. The Morgan fingerprint density at radius 2 is 2.06 bits per heavy atom. The molecule has 1 saturated heterocycles. The van der Waals surface area contributed by atoms with E-state index in [0.29, 0.717) is 11.1 Å². The summed E-state index contributed by atoms with van der Waals surface area (Å²) in [5, 5.41) is 2.40. The first-order chi connectivity index (χ1) is 7.86. The largest absolute Gasteiger partial charge is 0.439 e. The summed E-state index contributed by atoms with van der Waals surface area (Å²) in [6, 6.07) is 3.66. The van der Waals surface area contributed by atoms with Gasteiger partial charge in [0.2, 0.25) is 0 Å². The molecule has 0 spiro atoms. The highest BCUT2D eigenvalue weighted by atomic mass is 19.4. The molecule has 0 saturated carbocycles. The molecule has 92 valence electrons. The van der Waals surface area contributed by atoms with E-state index in [-0.39, 0.29) is 6.54 Å². The molecule has 2 rings (SSSR count). The van der Waals surface area contributed by atoms with E-state index in [1.807, 2.05) is 0 Å². The maximum absolute atomic E-state index is 12.6. The zero-order valence-electron chi connectivity index (χ0n) is 8.97. The van der Waals surface area contributed by atoms with E-state index in [1.165, 1.54) is 0 Å². The third kappa shape index (κ3) is 2.51. The van der Waals surface area contributed by atoms with Crippen molar-refractivity contribution in [3.8, 4) is 0 Å². The number of cyclic esters (lactones) is 1. The van der Waals surface area contributed by atoms with Crippen molar-refractivity contribution in [3.05, 3.63) is 34.9 Å². The molecule has 1 aromatic carbocycles. The lowest BCUT2D eigenvalue weighted by atomic mass is 10.0. The number of nitrogens with one attached hydrogen (secondary N) is 1. The minimum Gasteiger partial charge on any atom is -0.439 e. The first kappa shape index (κ1) is 11.8.